The van der Waals surface area contributed by atoms with Crippen molar-refractivity contribution in [3.63, 3.8) is 0 Å². The van der Waals surface area contributed by atoms with Gasteiger partial charge in [0.1, 0.15) is 11.8 Å². The first kappa shape index (κ1) is 19.4. The topological polar surface area (TPSA) is 70.0 Å². The van der Waals surface area contributed by atoms with Crippen LogP contribution >= 0.6 is 0 Å². The van der Waals surface area contributed by atoms with Crippen molar-refractivity contribution in [2.75, 3.05) is 20.2 Å². The lowest BCUT2D eigenvalue weighted by Crippen LogP contribution is -2.48. The Kier molecular flexibility index (Phi) is 5.82. The molecule has 1 aliphatic rings. The van der Waals surface area contributed by atoms with Gasteiger partial charge in [-0.2, -0.15) is 0 Å². The number of hydrogen-bond donors (Lipinski definition) is 2. The van der Waals surface area contributed by atoms with Crippen molar-refractivity contribution in [2.45, 2.75) is 37.8 Å². The second-order valence-electron chi connectivity index (χ2n) is 7.41. The van der Waals surface area contributed by atoms with Crippen LogP contribution in [0.4, 0.5) is 0 Å². The fourth-order valence-corrected chi connectivity index (χ4v) is 3.90. The maximum atomic E-state index is 12.1. The fraction of sp³-hybridized carbons (Fsp3) is 0.409. The first-order valence-corrected chi connectivity index (χ1v) is 9.29. The molecule has 2 aromatic carbocycles. The minimum Gasteiger partial charge on any atom is -0.496 e. The van der Waals surface area contributed by atoms with E-state index in [1.807, 2.05) is 60.4 Å². The number of piperidine rings is 1. The molecule has 1 fully saturated rings. The average molecular weight is 369 g/mol. The van der Waals surface area contributed by atoms with Crippen molar-refractivity contribution < 1.29 is 19.7 Å². The number of methoxy groups -OCH3 is 1. The highest BCUT2D eigenvalue weighted by Gasteiger charge is 2.38. The van der Waals surface area contributed by atoms with Crippen LogP contribution in [0.2, 0.25) is 0 Å². The summed E-state index contributed by atoms with van der Waals surface area (Å²) < 4.78 is 5.40. The number of carbonyl (C=O) groups is 1. The minimum atomic E-state index is -0.896. The number of rotatable bonds is 6. The van der Waals surface area contributed by atoms with Gasteiger partial charge in [-0.25, -0.2) is 0 Å². The van der Waals surface area contributed by atoms with E-state index in [1.165, 1.54) is 0 Å². The van der Waals surface area contributed by atoms with E-state index in [0.717, 1.165) is 11.1 Å². The highest BCUT2D eigenvalue weighted by Crippen LogP contribution is 2.35. The molecule has 0 bridgehead atoms. The fourth-order valence-electron chi connectivity index (χ4n) is 3.90. The van der Waals surface area contributed by atoms with Gasteiger partial charge in [-0.15, -0.1) is 0 Å². The number of hydrogen-bond acceptors (Lipinski definition) is 4. The Morgan fingerprint density at radius 3 is 2.44 bits per heavy atom. The van der Waals surface area contributed by atoms with Crippen LogP contribution in [0.25, 0.3) is 0 Å². The quantitative estimate of drug-likeness (QED) is 0.818. The van der Waals surface area contributed by atoms with E-state index >= 15 is 0 Å². The summed E-state index contributed by atoms with van der Waals surface area (Å²) in [6.45, 7) is 2.99. The van der Waals surface area contributed by atoms with Crippen molar-refractivity contribution in [2.24, 2.45) is 0 Å². The first-order chi connectivity index (χ1) is 12.9. The lowest BCUT2D eigenvalue weighted by atomic mass is 9.84. The van der Waals surface area contributed by atoms with Crippen LogP contribution in [0.5, 0.6) is 5.75 Å². The van der Waals surface area contributed by atoms with Crippen LogP contribution < -0.4 is 4.74 Å². The van der Waals surface area contributed by atoms with Crippen LogP contribution in [0, 0.1) is 6.92 Å². The molecule has 0 aliphatic carbocycles. The molecule has 5 nitrogen and oxygen atoms in total. The van der Waals surface area contributed by atoms with Gasteiger partial charge >= 0.3 is 5.97 Å². The van der Waals surface area contributed by atoms with Crippen molar-refractivity contribution in [1.29, 1.82) is 0 Å². The molecule has 1 atom stereocenters. The number of carboxylic acids is 1. The third-order valence-corrected chi connectivity index (χ3v) is 5.38. The third-order valence-electron chi connectivity index (χ3n) is 5.38. The molecule has 1 aliphatic heterocycles. The molecule has 1 heterocycles. The molecule has 1 unspecified atom stereocenters. The molecule has 27 heavy (non-hydrogen) atoms. The number of aliphatic hydroxyl groups is 1. The zero-order valence-electron chi connectivity index (χ0n) is 15.9. The van der Waals surface area contributed by atoms with E-state index in [4.69, 9.17) is 4.74 Å². The second kappa shape index (κ2) is 8.11. The van der Waals surface area contributed by atoms with Gasteiger partial charge in [-0.05, 0) is 31.4 Å². The normalized spacial score (nSPS) is 18.0. The third kappa shape index (κ3) is 4.49. The average Bonchev–Trinajstić information content (AvgIpc) is 2.64. The summed E-state index contributed by atoms with van der Waals surface area (Å²) in [4.78, 5) is 14.0. The molecule has 3 rings (SSSR count). The van der Waals surface area contributed by atoms with Gasteiger partial charge in [-0.3, -0.25) is 9.69 Å². The van der Waals surface area contributed by atoms with E-state index in [1.54, 1.807) is 7.11 Å². The molecule has 2 aromatic rings. The highest BCUT2D eigenvalue weighted by molar-refractivity contribution is 5.77. The predicted octanol–water partition coefficient (Wildman–Crippen LogP) is 3.20. The van der Waals surface area contributed by atoms with Crippen molar-refractivity contribution in [3.05, 3.63) is 65.2 Å². The number of carboxylic acid groups (broad SMARTS) is 1. The molecule has 5 heteroatoms. The molecule has 0 amide bonds. The van der Waals surface area contributed by atoms with Crippen LogP contribution in [0.15, 0.2) is 48.5 Å². The van der Waals surface area contributed by atoms with Crippen LogP contribution in [0.3, 0.4) is 0 Å². The molecule has 1 saturated heterocycles. The Morgan fingerprint density at radius 2 is 1.85 bits per heavy atom. The Bertz CT molecular complexity index is 782. The second-order valence-corrected chi connectivity index (χ2v) is 7.41. The molecule has 0 aromatic heterocycles. The Balaban J connectivity index is 1.76. The van der Waals surface area contributed by atoms with Crippen LogP contribution in [-0.4, -0.2) is 46.9 Å². The van der Waals surface area contributed by atoms with Gasteiger partial charge in [-0.1, -0.05) is 48.0 Å². The maximum Gasteiger partial charge on any atom is 0.325 e. The standard InChI is InChI=1S/C22H27NO4/c1-16-8-9-19(27-2)18(14-16)20(21(24)25)23-12-10-22(26,11-13-23)15-17-6-4-3-5-7-17/h3-9,14,20,26H,10-13,15H2,1-2H3,(H,24,25). The van der Waals surface area contributed by atoms with Gasteiger partial charge in [0.2, 0.25) is 0 Å². The van der Waals surface area contributed by atoms with Crippen LogP contribution in [-0.2, 0) is 11.2 Å². The SMILES string of the molecule is COc1ccc(C)cc1C(C(=O)O)N1CCC(O)(Cc2ccccc2)CC1. The van der Waals surface area contributed by atoms with E-state index in [0.29, 0.717) is 43.7 Å². The molecule has 144 valence electrons. The lowest BCUT2D eigenvalue weighted by molar-refractivity contribution is -0.145. The number of aryl methyl sites for hydroxylation is 1. The number of nitrogens with zero attached hydrogens (tertiary/aromatic N) is 1. The smallest absolute Gasteiger partial charge is 0.325 e. The highest BCUT2D eigenvalue weighted by atomic mass is 16.5. The van der Waals surface area contributed by atoms with Gasteiger partial charge in [0, 0.05) is 25.1 Å². The van der Waals surface area contributed by atoms with E-state index < -0.39 is 17.6 Å². The number of aliphatic carboxylic acids is 1. The molecular formula is C22H27NO4. The Hall–Kier alpha value is -2.37. The maximum absolute atomic E-state index is 12.1. The monoisotopic (exact) mass is 369 g/mol. The summed E-state index contributed by atoms with van der Waals surface area (Å²) in [6.07, 6.45) is 1.67. The van der Waals surface area contributed by atoms with E-state index in [9.17, 15) is 15.0 Å². The molecule has 0 spiro atoms. The van der Waals surface area contributed by atoms with Gasteiger partial charge in [0.15, 0.2) is 0 Å². The minimum absolute atomic E-state index is 0.525. The summed E-state index contributed by atoms with van der Waals surface area (Å²) in [5.74, 6) is -0.314. The van der Waals surface area contributed by atoms with Gasteiger partial charge in [0.05, 0.1) is 12.7 Å². The summed E-state index contributed by atoms with van der Waals surface area (Å²) in [6, 6.07) is 14.8. The van der Waals surface area contributed by atoms with Gasteiger partial charge < -0.3 is 14.9 Å². The molecule has 2 N–H and O–H groups in total. The lowest BCUT2D eigenvalue weighted by Gasteiger charge is -2.41. The summed E-state index contributed by atoms with van der Waals surface area (Å²) in [5.41, 5.74) is 1.97. The zero-order chi connectivity index (χ0) is 19.4. The zero-order valence-corrected chi connectivity index (χ0v) is 15.9. The number of likely N-dealkylation sites (tertiary alicyclic amines) is 1. The summed E-state index contributed by atoms with van der Waals surface area (Å²) in [5, 5.41) is 20.9. The van der Waals surface area contributed by atoms with Crippen molar-refractivity contribution in [3.8, 4) is 5.75 Å². The van der Waals surface area contributed by atoms with Gasteiger partial charge in [0.25, 0.3) is 0 Å². The van der Waals surface area contributed by atoms with Crippen molar-refractivity contribution >= 4 is 5.97 Å². The van der Waals surface area contributed by atoms with Crippen molar-refractivity contribution in [1.82, 2.24) is 4.90 Å². The molecule has 0 saturated carbocycles. The molecular weight excluding hydrogens is 342 g/mol. The van der Waals surface area contributed by atoms with E-state index in [2.05, 4.69) is 0 Å². The Labute approximate surface area is 160 Å². The van der Waals surface area contributed by atoms with E-state index in [-0.39, 0.29) is 0 Å². The number of benzene rings is 2. The first-order valence-electron chi connectivity index (χ1n) is 9.29. The summed E-state index contributed by atoms with van der Waals surface area (Å²) >= 11 is 0. The Morgan fingerprint density at radius 1 is 1.19 bits per heavy atom. The molecule has 0 radical (unpaired) electrons. The summed E-state index contributed by atoms with van der Waals surface area (Å²) in [7, 11) is 1.56. The predicted molar refractivity (Wildman–Crippen MR) is 104 cm³/mol. The van der Waals surface area contributed by atoms with Crippen LogP contribution in [0.1, 0.15) is 35.6 Å². The largest absolute Gasteiger partial charge is 0.496 e. The number of ether oxygens (including phenoxy) is 1.